The van der Waals surface area contributed by atoms with E-state index in [-0.39, 0.29) is 0 Å². The topological polar surface area (TPSA) is 61.8 Å². The monoisotopic (exact) mass is 286 g/mol. The molecule has 0 bridgehead atoms. The van der Waals surface area contributed by atoms with Gasteiger partial charge in [0.05, 0.1) is 0 Å². The van der Waals surface area contributed by atoms with E-state index in [0.29, 0.717) is 5.75 Å². The first kappa shape index (κ1) is 15.7. The van der Waals surface area contributed by atoms with Gasteiger partial charge in [-0.15, -0.1) is 0 Å². The molecule has 0 aliphatic carbocycles. The maximum absolute atomic E-state index is 11.4. The fourth-order valence-electron chi connectivity index (χ4n) is 1.16. The van der Waals surface area contributed by atoms with Crippen LogP contribution in [0.2, 0.25) is 0 Å². The third-order valence-electron chi connectivity index (χ3n) is 1.88. The Labute approximate surface area is 115 Å². The molecule has 1 aromatic carbocycles. The molecule has 0 saturated heterocycles. The van der Waals surface area contributed by atoms with Gasteiger partial charge in [-0.05, 0) is 39.8 Å². The average Bonchev–Trinajstić information content (AvgIpc) is 2.27. The molecule has 0 spiro atoms. The predicted molar refractivity (Wildman–Crippen MR) is 71.7 cm³/mol. The predicted octanol–water partition coefficient (Wildman–Crippen LogP) is 2.31. The van der Waals surface area contributed by atoms with E-state index in [0.717, 1.165) is 5.56 Å². The van der Waals surface area contributed by atoms with Gasteiger partial charge in [0.15, 0.2) is 6.61 Å². The summed E-state index contributed by atoms with van der Waals surface area (Å²) < 4.78 is 26.2. The van der Waals surface area contributed by atoms with Crippen molar-refractivity contribution in [3.05, 3.63) is 29.8 Å². The summed E-state index contributed by atoms with van der Waals surface area (Å²) in [5.41, 5.74) is 0.465. The number of carbonyl (C=O) groups excluding carboxylic acids is 1. The molecule has 0 amide bonds. The fraction of sp³-hybridized carbons (Fsp3) is 0.462. The van der Waals surface area contributed by atoms with Crippen LogP contribution in [0.5, 0.6) is 5.75 Å². The molecule has 0 saturated carbocycles. The van der Waals surface area contributed by atoms with Gasteiger partial charge >= 0.3 is 17.3 Å². The Morgan fingerprint density at radius 1 is 1.21 bits per heavy atom. The third kappa shape index (κ3) is 6.93. The van der Waals surface area contributed by atoms with E-state index in [1.54, 1.807) is 32.9 Å². The molecule has 19 heavy (non-hydrogen) atoms. The summed E-state index contributed by atoms with van der Waals surface area (Å²) in [7, 11) is 0. The normalized spacial score (nSPS) is 12.8. The van der Waals surface area contributed by atoms with E-state index in [1.165, 1.54) is 0 Å². The molecule has 0 fully saturated rings. The zero-order valence-corrected chi connectivity index (χ0v) is 12.3. The Morgan fingerprint density at radius 2 is 1.79 bits per heavy atom. The fourth-order valence-corrected chi connectivity index (χ4v) is 1.67. The van der Waals surface area contributed by atoms with Crippen LogP contribution < -0.4 is 4.18 Å². The molecule has 5 nitrogen and oxygen atoms in total. The van der Waals surface area contributed by atoms with Crippen LogP contribution in [0.4, 0.5) is 0 Å². The van der Waals surface area contributed by atoms with Crippen molar-refractivity contribution in [3.63, 3.8) is 0 Å². The number of esters is 1. The van der Waals surface area contributed by atoms with Crippen molar-refractivity contribution in [1.29, 1.82) is 0 Å². The van der Waals surface area contributed by atoms with Gasteiger partial charge in [0, 0.05) is 0 Å². The smallest absolute Gasteiger partial charge is 0.360 e. The Bertz CT molecular complexity index is 447. The highest BCUT2D eigenvalue weighted by Crippen LogP contribution is 2.13. The molecule has 1 rings (SSSR count). The Balaban J connectivity index is 2.36. The molecular formula is C13H18O5S. The number of benzene rings is 1. The quantitative estimate of drug-likeness (QED) is 0.777. The Hall–Kier alpha value is -1.40. The number of carbonyl (C=O) groups is 1. The molecule has 0 N–H and O–H groups in total. The van der Waals surface area contributed by atoms with E-state index in [1.807, 2.05) is 19.1 Å². The second-order valence-corrected chi connectivity index (χ2v) is 5.76. The van der Waals surface area contributed by atoms with Gasteiger partial charge in [0.1, 0.15) is 11.4 Å². The number of hydrogen-bond acceptors (Lipinski definition) is 5. The van der Waals surface area contributed by atoms with E-state index < -0.39 is 29.5 Å². The lowest BCUT2D eigenvalue weighted by molar-refractivity contribution is -0.157. The Kier molecular flexibility index (Phi) is 5.50. The molecule has 6 heteroatoms. The number of aryl methyl sites for hydroxylation is 1. The molecular weight excluding hydrogens is 268 g/mol. The minimum atomic E-state index is -2.03. The van der Waals surface area contributed by atoms with E-state index in [2.05, 4.69) is 0 Å². The van der Waals surface area contributed by atoms with Gasteiger partial charge in [-0.1, -0.05) is 17.7 Å². The molecule has 0 aromatic heterocycles. The first-order valence-electron chi connectivity index (χ1n) is 5.78. The highest BCUT2D eigenvalue weighted by atomic mass is 32.2. The molecule has 1 aromatic rings. The molecule has 1 unspecified atom stereocenters. The van der Waals surface area contributed by atoms with Crippen molar-refractivity contribution in [2.24, 2.45) is 0 Å². The maximum Gasteiger partial charge on any atom is 0.360 e. The van der Waals surface area contributed by atoms with Crippen molar-refractivity contribution >= 4 is 17.3 Å². The lowest BCUT2D eigenvalue weighted by atomic mass is 10.2. The highest BCUT2D eigenvalue weighted by molar-refractivity contribution is 7.75. The first-order chi connectivity index (χ1) is 8.76. The highest BCUT2D eigenvalue weighted by Gasteiger charge is 2.17. The van der Waals surface area contributed by atoms with Crippen molar-refractivity contribution in [2.45, 2.75) is 33.3 Å². The summed E-state index contributed by atoms with van der Waals surface area (Å²) in [5, 5.41) is 0. The Morgan fingerprint density at radius 3 is 2.32 bits per heavy atom. The third-order valence-corrected chi connectivity index (χ3v) is 2.52. The van der Waals surface area contributed by atoms with Crippen LogP contribution in [0.1, 0.15) is 26.3 Å². The number of rotatable bonds is 5. The summed E-state index contributed by atoms with van der Waals surface area (Å²) in [4.78, 5) is 11.3. The largest absolute Gasteiger partial charge is 0.458 e. The van der Waals surface area contributed by atoms with Crippen LogP contribution in [0.25, 0.3) is 0 Å². The van der Waals surface area contributed by atoms with Gasteiger partial charge in [-0.2, -0.15) is 4.21 Å². The van der Waals surface area contributed by atoms with Crippen molar-refractivity contribution in [3.8, 4) is 5.75 Å². The summed E-state index contributed by atoms with van der Waals surface area (Å²) in [6, 6.07) is 6.98. The van der Waals surface area contributed by atoms with Crippen LogP contribution in [0.3, 0.4) is 0 Å². The number of hydrogen-bond donors (Lipinski definition) is 0. The summed E-state index contributed by atoms with van der Waals surface area (Å²) in [6.07, 6.45) is 0. The van der Waals surface area contributed by atoms with E-state index in [9.17, 15) is 9.00 Å². The van der Waals surface area contributed by atoms with Gasteiger partial charge in [0.25, 0.3) is 0 Å². The van der Waals surface area contributed by atoms with Gasteiger partial charge in [-0.3, -0.25) is 0 Å². The molecule has 106 valence electrons. The summed E-state index contributed by atoms with van der Waals surface area (Å²) >= 11 is -2.03. The second-order valence-electron chi connectivity index (χ2n) is 4.95. The van der Waals surface area contributed by atoms with E-state index in [4.69, 9.17) is 13.1 Å². The van der Waals surface area contributed by atoms with Crippen molar-refractivity contribution in [2.75, 3.05) is 6.61 Å². The molecule has 0 aliphatic heterocycles. The zero-order valence-electron chi connectivity index (χ0n) is 11.5. The minimum Gasteiger partial charge on any atom is -0.458 e. The lowest BCUT2D eigenvalue weighted by Crippen LogP contribution is -2.27. The first-order valence-corrected chi connectivity index (χ1v) is 6.78. The van der Waals surface area contributed by atoms with Crippen LogP contribution in [0, 0.1) is 6.92 Å². The summed E-state index contributed by atoms with van der Waals surface area (Å²) in [5.74, 6) is -0.179. The van der Waals surface area contributed by atoms with E-state index >= 15 is 0 Å². The van der Waals surface area contributed by atoms with Crippen LogP contribution in [-0.4, -0.2) is 22.4 Å². The van der Waals surface area contributed by atoms with Crippen molar-refractivity contribution in [1.82, 2.24) is 0 Å². The molecule has 0 heterocycles. The van der Waals surface area contributed by atoms with Gasteiger partial charge in [-0.25, -0.2) is 8.98 Å². The maximum atomic E-state index is 11.4. The second kappa shape index (κ2) is 6.68. The van der Waals surface area contributed by atoms with Gasteiger partial charge < -0.3 is 8.92 Å². The van der Waals surface area contributed by atoms with Gasteiger partial charge in [0.2, 0.25) is 0 Å². The average molecular weight is 286 g/mol. The standard InChI is InChI=1S/C13H18O5S/c1-10-5-7-11(8-6-10)18-19(15)16-9-12(14)17-13(2,3)4/h5-8H,9H2,1-4H3. The molecule has 1 atom stereocenters. The SMILES string of the molecule is Cc1ccc(OS(=O)OCC(=O)OC(C)(C)C)cc1. The van der Waals surface area contributed by atoms with Crippen LogP contribution in [0.15, 0.2) is 24.3 Å². The number of ether oxygens (including phenoxy) is 1. The summed E-state index contributed by atoms with van der Waals surface area (Å²) in [6.45, 7) is 6.73. The molecule has 0 aliphatic rings. The van der Waals surface area contributed by atoms with Crippen LogP contribution >= 0.6 is 0 Å². The minimum absolute atomic E-state index is 0.410. The zero-order chi connectivity index (χ0) is 14.5. The van der Waals surface area contributed by atoms with Crippen molar-refractivity contribution < 1.29 is 22.1 Å². The molecule has 0 radical (unpaired) electrons. The van der Waals surface area contributed by atoms with Crippen LogP contribution in [-0.2, 0) is 25.1 Å². The lowest BCUT2D eigenvalue weighted by Gasteiger charge is -2.18.